The van der Waals surface area contributed by atoms with Gasteiger partial charge in [-0.2, -0.15) is 4.99 Å². The van der Waals surface area contributed by atoms with Crippen LogP contribution in [0.2, 0.25) is 0 Å². The molecular formula is C21H22N2OS. The molecule has 0 N–H and O–H groups in total. The normalized spacial score (nSPS) is 11.9. The van der Waals surface area contributed by atoms with Crippen LogP contribution in [0.3, 0.4) is 0 Å². The van der Waals surface area contributed by atoms with E-state index in [-0.39, 0.29) is 5.91 Å². The summed E-state index contributed by atoms with van der Waals surface area (Å²) < 4.78 is 3.19. The zero-order valence-electron chi connectivity index (χ0n) is 15.1. The van der Waals surface area contributed by atoms with Crippen LogP contribution in [0.15, 0.2) is 48.0 Å². The molecule has 3 nitrogen and oxygen atoms in total. The van der Waals surface area contributed by atoms with Gasteiger partial charge in [0.05, 0.1) is 10.2 Å². The average molecular weight is 350 g/mol. The molecule has 128 valence electrons. The molecule has 3 aromatic rings. The molecule has 0 aliphatic rings. The SMILES string of the molecule is C=CCn1c(=NC(=O)c2cc(C)cc(C)c2)sc2cc(C)c(C)cc21. The minimum atomic E-state index is -0.204. The lowest BCUT2D eigenvalue weighted by Gasteiger charge is -2.04. The number of hydrogen-bond acceptors (Lipinski definition) is 2. The first-order valence-corrected chi connectivity index (χ1v) is 9.09. The van der Waals surface area contributed by atoms with Gasteiger partial charge in [-0.15, -0.1) is 6.58 Å². The van der Waals surface area contributed by atoms with Crippen LogP contribution < -0.4 is 4.80 Å². The van der Waals surface area contributed by atoms with Gasteiger partial charge in [-0.05, 0) is 63.1 Å². The average Bonchev–Trinajstić information content (AvgIpc) is 2.84. The van der Waals surface area contributed by atoms with Crippen LogP contribution in [0.25, 0.3) is 10.2 Å². The van der Waals surface area contributed by atoms with Gasteiger partial charge in [0.25, 0.3) is 5.91 Å². The van der Waals surface area contributed by atoms with Crippen LogP contribution in [0.4, 0.5) is 0 Å². The van der Waals surface area contributed by atoms with Gasteiger partial charge in [-0.3, -0.25) is 4.79 Å². The fourth-order valence-corrected chi connectivity index (χ4v) is 4.08. The molecule has 0 unspecified atom stereocenters. The van der Waals surface area contributed by atoms with Gasteiger partial charge < -0.3 is 4.57 Å². The van der Waals surface area contributed by atoms with Crippen molar-refractivity contribution in [3.8, 4) is 0 Å². The van der Waals surface area contributed by atoms with Gasteiger partial charge in [0.2, 0.25) is 0 Å². The van der Waals surface area contributed by atoms with E-state index in [0.717, 1.165) is 21.3 Å². The smallest absolute Gasteiger partial charge is 0.279 e. The van der Waals surface area contributed by atoms with E-state index >= 15 is 0 Å². The molecular weight excluding hydrogens is 328 g/mol. The van der Waals surface area contributed by atoms with E-state index in [1.54, 1.807) is 11.3 Å². The molecule has 1 amide bonds. The van der Waals surface area contributed by atoms with Gasteiger partial charge in [0.1, 0.15) is 0 Å². The third kappa shape index (κ3) is 3.49. The molecule has 0 atom stereocenters. The largest absolute Gasteiger partial charge is 0.312 e. The molecule has 1 aromatic heterocycles. The van der Waals surface area contributed by atoms with E-state index in [4.69, 9.17) is 0 Å². The van der Waals surface area contributed by atoms with Crippen LogP contribution >= 0.6 is 11.3 Å². The summed E-state index contributed by atoms with van der Waals surface area (Å²) in [5, 5.41) is 0. The zero-order valence-corrected chi connectivity index (χ0v) is 15.9. The van der Waals surface area contributed by atoms with Crippen molar-refractivity contribution in [2.24, 2.45) is 4.99 Å². The highest BCUT2D eigenvalue weighted by Gasteiger charge is 2.10. The Bertz CT molecular complexity index is 1030. The Morgan fingerprint density at radius 1 is 1.08 bits per heavy atom. The summed E-state index contributed by atoms with van der Waals surface area (Å²) in [4.78, 5) is 17.8. The second-order valence-corrected chi connectivity index (χ2v) is 7.49. The fourth-order valence-electron chi connectivity index (χ4n) is 2.96. The van der Waals surface area contributed by atoms with Crippen LogP contribution in [-0.2, 0) is 6.54 Å². The monoisotopic (exact) mass is 350 g/mol. The van der Waals surface area contributed by atoms with E-state index in [2.05, 4.69) is 48.2 Å². The maximum atomic E-state index is 12.7. The van der Waals surface area contributed by atoms with Crippen molar-refractivity contribution in [3.63, 3.8) is 0 Å². The number of aryl methyl sites for hydroxylation is 4. The summed E-state index contributed by atoms with van der Waals surface area (Å²) in [5.41, 5.74) is 6.34. The number of allylic oxidation sites excluding steroid dienone is 1. The Hall–Kier alpha value is -2.46. The van der Waals surface area contributed by atoms with Crippen LogP contribution in [0, 0.1) is 27.7 Å². The standard InChI is InChI=1S/C21H22N2OS/c1-6-7-23-18-11-15(4)16(5)12-19(18)25-21(23)22-20(24)17-9-13(2)8-14(3)10-17/h6,8-12H,1,7H2,2-5H3. The summed E-state index contributed by atoms with van der Waals surface area (Å²) in [6.07, 6.45) is 1.83. The first-order valence-electron chi connectivity index (χ1n) is 8.28. The Morgan fingerprint density at radius 3 is 2.36 bits per heavy atom. The molecule has 0 radical (unpaired) electrons. The lowest BCUT2D eigenvalue weighted by atomic mass is 10.1. The van der Waals surface area contributed by atoms with Crippen molar-refractivity contribution >= 4 is 27.5 Å². The fraction of sp³-hybridized carbons (Fsp3) is 0.238. The molecule has 0 bridgehead atoms. The quantitative estimate of drug-likeness (QED) is 0.621. The van der Waals surface area contributed by atoms with Gasteiger partial charge in [-0.25, -0.2) is 0 Å². The second kappa shape index (κ2) is 6.81. The third-order valence-electron chi connectivity index (χ3n) is 4.28. The highest BCUT2D eigenvalue weighted by atomic mass is 32.1. The van der Waals surface area contributed by atoms with Gasteiger partial charge in [0.15, 0.2) is 4.80 Å². The number of carbonyl (C=O) groups is 1. The van der Waals surface area contributed by atoms with Crippen molar-refractivity contribution < 1.29 is 4.79 Å². The molecule has 0 saturated carbocycles. The maximum absolute atomic E-state index is 12.7. The molecule has 0 fully saturated rings. The highest BCUT2D eigenvalue weighted by molar-refractivity contribution is 7.16. The van der Waals surface area contributed by atoms with Crippen LogP contribution in [0.1, 0.15) is 32.6 Å². The lowest BCUT2D eigenvalue weighted by molar-refractivity contribution is 0.0997. The number of fused-ring (bicyclic) bond motifs is 1. The predicted molar refractivity (Wildman–Crippen MR) is 105 cm³/mol. The Balaban J connectivity index is 2.19. The molecule has 4 heteroatoms. The van der Waals surface area contributed by atoms with Crippen molar-refractivity contribution in [2.45, 2.75) is 34.2 Å². The molecule has 0 aliphatic carbocycles. The van der Waals surface area contributed by atoms with E-state index in [1.807, 2.05) is 32.1 Å². The third-order valence-corrected chi connectivity index (χ3v) is 5.32. The van der Waals surface area contributed by atoms with Crippen LogP contribution in [0.5, 0.6) is 0 Å². The Morgan fingerprint density at radius 2 is 1.72 bits per heavy atom. The first kappa shape index (κ1) is 17.4. The van der Waals surface area contributed by atoms with Gasteiger partial charge in [-0.1, -0.05) is 34.6 Å². The number of rotatable bonds is 3. The summed E-state index contributed by atoms with van der Waals surface area (Å²) in [6, 6.07) is 10.1. The molecule has 25 heavy (non-hydrogen) atoms. The minimum Gasteiger partial charge on any atom is -0.312 e. The number of thiazole rings is 1. The van der Waals surface area contributed by atoms with E-state index in [0.29, 0.717) is 16.9 Å². The highest BCUT2D eigenvalue weighted by Crippen LogP contribution is 2.22. The van der Waals surface area contributed by atoms with Crippen molar-refractivity contribution in [1.29, 1.82) is 0 Å². The van der Waals surface area contributed by atoms with Crippen LogP contribution in [-0.4, -0.2) is 10.5 Å². The van der Waals surface area contributed by atoms with Gasteiger partial charge >= 0.3 is 0 Å². The summed E-state index contributed by atoms with van der Waals surface area (Å²) in [5.74, 6) is -0.204. The van der Waals surface area contributed by atoms with Crippen molar-refractivity contribution in [2.75, 3.05) is 0 Å². The van der Waals surface area contributed by atoms with E-state index in [9.17, 15) is 4.79 Å². The number of carbonyl (C=O) groups excluding carboxylic acids is 1. The lowest BCUT2D eigenvalue weighted by Crippen LogP contribution is -2.16. The van der Waals surface area contributed by atoms with E-state index in [1.165, 1.54) is 11.1 Å². The second-order valence-electron chi connectivity index (χ2n) is 6.48. The molecule has 2 aromatic carbocycles. The number of benzene rings is 2. The molecule has 1 heterocycles. The van der Waals surface area contributed by atoms with Crippen molar-refractivity contribution in [1.82, 2.24) is 4.57 Å². The zero-order chi connectivity index (χ0) is 18.1. The molecule has 0 spiro atoms. The van der Waals surface area contributed by atoms with Gasteiger partial charge in [0, 0.05) is 12.1 Å². The molecule has 0 aliphatic heterocycles. The Labute approximate surface area is 152 Å². The predicted octanol–water partition coefficient (Wildman–Crippen LogP) is 4.86. The number of hydrogen-bond donors (Lipinski definition) is 0. The molecule has 0 saturated heterocycles. The number of aromatic nitrogens is 1. The minimum absolute atomic E-state index is 0.204. The summed E-state index contributed by atoms with van der Waals surface area (Å²) >= 11 is 1.55. The van der Waals surface area contributed by atoms with Crippen molar-refractivity contribution in [3.05, 3.63) is 75.6 Å². The summed E-state index contributed by atoms with van der Waals surface area (Å²) in [7, 11) is 0. The summed E-state index contributed by atoms with van der Waals surface area (Å²) in [6.45, 7) is 12.7. The maximum Gasteiger partial charge on any atom is 0.279 e. The Kier molecular flexibility index (Phi) is 4.73. The molecule has 3 rings (SSSR count). The number of nitrogens with zero attached hydrogens (tertiary/aromatic N) is 2. The van der Waals surface area contributed by atoms with E-state index < -0.39 is 0 Å². The number of amides is 1. The first-order chi connectivity index (χ1) is 11.9. The topological polar surface area (TPSA) is 34.4 Å².